The van der Waals surface area contributed by atoms with Crippen LogP contribution >= 0.6 is 0 Å². The van der Waals surface area contributed by atoms with Gasteiger partial charge in [0, 0.05) is 40.9 Å². The topological polar surface area (TPSA) is 81.1 Å². The second kappa shape index (κ2) is 8.54. The van der Waals surface area contributed by atoms with Crippen LogP contribution in [0.5, 0.6) is 0 Å². The van der Waals surface area contributed by atoms with E-state index in [0.29, 0.717) is 17.8 Å². The standard InChI is InChI=1S/C28H28N6/c1-2-12-30-22-15-21(16-22)28-33-25(26-27(29)31-13-14-34(26)28)20-9-8-19-10-11-23(32-24(19)17-20)18-6-4-3-5-7-18/h3-11,13-14,17,21-22,30H,2,12,15-16H2,1H3,(H2,29,31). The molecular formula is C28H28N6. The van der Waals surface area contributed by atoms with Crippen molar-refractivity contribution in [2.24, 2.45) is 0 Å². The van der Waals surface area contributed by atoms with Crippen LogP contribution in [0.1, 0.15) is 37.9 Å². The van der Waals surface area contributed by atoms with Gasteiger partial charge in [0.1, 0.15) is 22.9 Å². The highest BCUT2D eigenvalue weighted by molar-refractivity contribution is 5.91. The monoisotopic (exact) mass is 448 g/mol. The number of nitrogens with zero attached hydrogens (tertiary/aromatic N) is 4. The van der Waals surface area contributed by atoms with E-state index in [0.717, 1.165) is 70.6 Å². The molecule has 0 unspecified atom stereocenters. The smallest absolute Gasteiger partial charge is 0.150 e. The highest BCUT2D eigenvalue weighted by Crippen LogP contribution is 2.40. The van der Waals surface area contributed by atoms with Gasteiger partial charge in [0.05, 0.1) is 11.2 Å². The van der Waals surface area contributed by atoms with Gasteiger partial charge >= 0.3 is 0 Å². The summed E-state index contributed by atoms with van der Waals surface area (Å²) in [5, 5.41) is 4.72. The molecule has 2 aromatic carbocycles. The lowest BCUT2D eigenvalue weighted by atomic mass is 9.79. The summed E-state index contributed by atoms with van der Waals surface area (Å²) in [4.78, 5) is 14.5. The Kier molecular flexibility index (Phi) is 5.23. The minimum atomic E-state index is 0.417. The van der Waals surface area contributed by atoms with Crippen molar-refractivity contribution >= 4 is 22.2 Å². The fourth-order valence-corrected chi connectivity index (χ4v) is 4.95. The average Bonchev–Trinajstić information content (AvgIpc) is 3.23. The van der Waals surface area contributed by atoms with Crippen molar-refractivity contribution in [1.82, 2.24) is 24.7 Å². The summed E-state index contributed by atoms with van der Waals surface area (Å²) in [5.74, 6) is 1.99. The van der Waals surface area contributed by atoms with E-state index in [-0.39, 0.29) is 0 Å². The Labute approximate surface area is 198 Å². The van der Waals surface area contributed by atoms with E-state index >= 15 is 0 Å². The predicted octanol–water partition coefficient (Wildman–Crippen LogP) is 5.44. The molecule has 170 valence electrons. The van der Waals surface area contributed by atoms with Crippen LogP contribution < -0.4 is 11.1 Å². The van der Waals surface area contributed by atoms with E-state index in [1.54, 1.807) is 6.20 Å². The third-order valence-electron chi connectivity index (χ3n) is 6.83. The summed E-state index contributed by atoms with van der Waals surface area (Å²) < 4.78 is 2.14. The summed E-state index contributed by atoms with van der Waals surface area (Å²) in [7, 11) is 0. The molecule has 3 aromatic heterocycles. The molecular weight excluding hydrogens is 420 g/mol. The average molecular weight is 449 g/mol. The van der Waals surface area contributed by atoms with Crippen LogP contribution in [-0.4, -0.2) is 31.9 Å². The first-order chi connectivity index (χ1) is 16.7. The lowest BCUT2D eigenvalue weighted by Gasteiger charge is -2.35. The molecule has 1 aliphatic carbocycles. The van der Waals surface area contributed by atoms with Crippen LogP contribution in [0.2, 0.25) is 0 Å². The van der Waals surface area contributed by atoms with Crippen molar-refractivity contribution in [3.05, 3.63) is 78.9 Å². The molecule has 0 bridgehead atoms. The van der Waals surface area contributed by atoms with Gasteiger partial charge in [-0.1, -0.05) is 55.5 Å². The van der Waals surface area contributed by atoms with Crippen molar-refractivity contribution in [2.45, 2.75) is 38.1 Å². The summed E-state index contributed by atoms with van der Waals surface area (Å²) in [6.45, 7) is 3.27. The number of nitrogens with two attached hydrogens (primary N) is 1. The molecule has 0 amide bonds. The molecule has 6 rings (SSSR count). The maximum atomic E-state index is 6.37. The molecule has 3 N–H and O–H groups in total. The number of hydrogen-bond acceptors (Lipinski definition) is 5. The Hall–Kier alpha value is -3.77. The second-order valence-corrected chi connectivity index (χ2v) is 9.14. The summed E-state index contributed by atoms with van der Waals surface area (Å²) in [6.07, 6.45) is 7.09. The largest absolute Gasteiger partial charge is 0.382 e. The van der Waals surface area contributed by atoms with Gasteiger partial charge in [-0.25, -0.2) is 15.0 Å². The Morgan fingerprint density at radius 2 is 1.82 bits per heavy atom. The molecule has 5 aromatic rings. The quantitative estimate of drug-likeness (QED) is 0.362. The number of fused-ring (bicyclic) bond motifs is 2. The minimum absolute atomic E-state index is 0.417. The summed E-state index contributed by atoms with van der Waals surface area (Å²) in [6, 6.07) is 21.4. The van der Waals surface area contributed by atoms with Gasteiger partial charge in [0.2, 0.25) is 0 Å². The number of nitrogen functional groups attached to an aromatic ring is 1. The van der Waals surface area contributed by atoms with Crippen molar-refractivity contribution in [2.75, 3.05) is 12.3 Å². The number of pyridine rings is 1. The van der Waals surface area contributed by atoms with Gasteiger partial charge in [-0.05, 0) is 37.9 Å². The van der Waals surface area contributed by atoms with E-state index in [4.69, 9.17) is 15.7 Å². The number of nitrogens with one attached hydrogen (secondary N) is 1. The molecule has 3 heterocycles. The zero-order valence-electron chi connectivity index (χ0n) is 19.3. The van der Waals surface area contributed by atoms with Crippen LogP contribution in [0.25, 0.3) is 38.9 Å². The van der Waals surface area contributed by atoms with Crippen LogP contribution in [-0.2, 0) is 0 Å². The highest BCUT2D eigenvalue weighted by Gasteiger charge is 2.34. The molecule has 1 aliphatic rings. The zero-order valence-corrected chi connectivity index (χ0v) is 19.3. The van der Waals surface area contributed by atoms with Crippen molar-refractivity contribution in [3.8, 4) is 22.5 Å². The van der Waals surface area contributed by atoms with Crippen LogP contribution in [0.4, 0.5) is 5.82 Å². The van der Waals surface area contributed by atoms with Gasteiger partial charge in [-0.2, -0.15) is 0 Å². The highest BCUT2D eigenvalue weighted by atomic mass is 15.1. The van der Waals surface area contributed by atoms with Crippen molar-refractivity contribution < 1.29 is 0 Å². The van der Waals surface area contributed by atoms with Crippen LogP contribution in [0, 0.1) is 0 Å². The number of anilines is 1. The van der Waals surface area contributed by atoms with E-state index in [2.05, 4.69) is 64.1 Å². The third kappa shape index (κ3) is 3.60. The number of benzene rings is 2. The predicted molar refractivity (Wildman–Crippen MR) is 138 cm³/mol. The SMILES string of the molecule is CCCNC1CC(c2nc(-c3ccc4ccc(-c5ccccc5)nc4c3)c3c(N)nccn23)C1. The Balaban J connectivity index is 1.42. The maximum absolute atomic E-state index is 6.37. The van der Waals surface area contributed by atoms with Gasteiger partial charge in [0.15, 0.2) is 0 Å². The molecule has 0 radical (unpaired) electrons. The van der Waals surface area contributed by atoms with Gasteiger partial charge in [-0.3, -0.25) is 4.40 Å². The minimum Gasteiger partial charge on any atom is -0.382 e. The van der Waals surface area contributed by atoms with E-state index in [1.807, 2.05) is 24.4 Å². The first-order valence-electron chi connectivity index (χ1n) is 12.0. The molecule has 6 nitrogen and oxygen atoms in total. The van der Waals surface area contributed by atoms with Crippen LogP contribution in [0.3, 0.4) is 0 Å². The molecule has 0 atom stereocenters. The molecule has 34 heavy (non-hydrogen) atoms. The van der Waals surface area contributed by atoms with Crippen molar-refractivity contribution in [3.63, 3.8) is 0 Å². The Morgan fingerprint density at radius 3 is 2.65 bits per heavy atom. The number of imidazole rings is 1. The van der Waals surface area contributed by atoms with E-state index in [1.165, 1.54) is 0 Å². The lowest BCUT2D eigenvalue weighted by Crippen LogP contribution is -2.40. The molecule has 0 spiro atoms. The fourth-order valence-electron chi connectivity index (χ4n) is 4.95. The lowest BCUT2D eigenvalue weighted by molar-refractivity contribution is 0.282. The number of rotatable bonds is 6. The molecule has 1 saturated carbocycles. The van der Waals surface area contributed by atoms with Crippen molar-refractivity contribution in [1.29, 1.82) is 0 Å². The second-order valence-electron chi connectivity index (χ2n) is 9.14. The third-order valence-corrected chi connectivity index (χ3v) is 6.83. The fraction of sp³-hybridized carbons (Fsp3) is 0.250. The van der Waals surface area contributed by atoms with E-state index < -0.39 is 0 Å². The van der Waals surface area contributed by atoms with Gasteiger partial charge < -0.3 is 11.1 Å². The summed E-state index contributed by atoms with van der Waals surface area (Å²) >= 11 is 0. The van der Waals surface area contributed by atoms with Crippen LogP contribution in [0.15, 0.2) is 73.1 Å². The number of aromatic nitrogens is 4. The number of hydrogen-bond donors (Lipinski definition) is 2. The Morgan fingerprint density at radius 1 is 1.00 bits per heavy atom. The first kappa shape index (κ1) is 20.8. The molecule has 0 saturated heterocycles. The Bertz CT molecular complexity index is 1470. The van der Waals surface area contributed by atoms with E-state index in [9.17, 15) is 0 Å². The first-order valence-corrected chi connectivity index (χ1v) is 12.0. The zero-order chi connectivity index (χ0) is 23.1. The molecule has 1 fully saturated rings. The normalized spacial score (nSPS) is 17.8. The maximum Gasteiger partial charge on any atom is 0.150 e. The summed E-state index contributed by atoms with van der Waals surface area (Å²) in [5.41, 5.74) is 12.1. The molecule has 0 aliphatic heterocycles. The van der Waals surface area contributed by atoms with Gasteiger partial charge in [0.25, 0.3) is 0 Å². The van der Waals surface area contributed by atoms with Gasteiger partial charge in [-0.15, -0.1) is 0 Å². The molecule has 6 heteroatoms.